The Kier molecular flexibility index (Phi) is 6.19. The largest absolute Gasteiger partial charge is 0.324 e. The predicted octanol–water partition coefficient (Wildman–Crippen LogP) is 3.53. The third-order valence-electron chi connectivity index (χ3n) is 3.24. The van der Waals surface area contributed by atoms with Crippen molar-refractivity contribution in [3.63, 3.8) is 0 Å². The van der Waals surface area contributed by atoms with Gasteiger partial charge in [0.2, 0.25) is 5.91 Å². The Balaban J connectivity index is 2.02. The van der Waals surface area contributed by atoms with Gasteiger partial charge in [0.1, 0.15) is 6.54 Å². The van der Waals surface area contributed by atoms with Gasteiger partial charge in [-0.15, -0.1) is 0 Å². The highest BCUT2D eigenvalue weighted by atomic mass is 35.5. The number of aromatic nitrogens is 2. The maximum absolute atomic E-state index is 12.0. The number of unbranched alkanes of at least 4 members (excludes halogenated alkanes) is 1. The summed E-state index contributed by atoms with van der Waals surface area (Å²) in [7, 11) is 0. The van der Waals surface area contributed by atoms with Gasteiger partial charge in [-0.3, -0.25) is 14.2 Å². The molecule has 1 heterocycles. The molecule has 0 aliphatic rings. The number of amides is 1. The molecule has 0 aliphatic carbocycles. The van der Waals surface area contributed by atoms with Crippen molar-refractivity contribution >= 4 is 34.8 Å². The molecule has 0 spiro atoms. The van der Waals surface area contributed by atoms with Gasteiger partial charge in [-0.2, -0.15) is 0 Å². The Labute approximate surface area is 144 Å². The molecule has 0 fully saturated rings. The molecule has 0 aliphatic heterocycles. The molecule has 7 heteroatoms. The monoisotopic (exact) mass is 353 g/mol. The van der Waals surface area contributed by atoms with E-state index >= 15 is 0 Å². The average Bonchev–Trinajstić information content (AvgIpc) is 2.51. The predicted molar refractivity (Wildman–Crippen MR) is 92.2 cm³/mol. The van der Waals surface area contributed by atoms with Crippen LogP contribution in [0.15, 0.2) is 35.4 Å². The quantitative estimate of drug-likeness (QED) is 0.863. The van der Waals surface area contributed by atoms with Crippen molar-refractivity contribution in [1.29, 1.82) is 0 Å². The molecule has 1 amide bonds. The van der Waals surface area contributed by atoms with Gasteiger partial charge >= 0.3 is 0 Å². The first-order chi connectivity index (χ1) is 11.0. The van der Waals surface area contributed by atoms with E-state index in [0.717, 1.165) is 25.0 Å². The van der Waals surface area contributed by atoms with Crippen LogP contribution in [0.3, 0.4) is 0 Å². The Morgan fingerprint density at radius 2 is 2.04 bits per heavy atom. The van der Waals surface area contributed by atoms with Crippen LogP contribution in [0.2, 0.25) is 10.0 Å². The number of hydrogen-bond acceptors (Lipinski definition) is 3. The van der Waals surface area contributed by atoms with Gasteiger partial charge in [0.05, 0.1) is 16.4 Å². The van der Waals surface area contributed by atoms with Gasteiger partial charge in [0.25, 0.3) is 5.56 Å². The molecular weight excluding hydrogens is 337 g/mol. The van der Waals surface area contributed by atoms with Crippen molar-refractivity contribution in [2.75, 3.05) is 5.32 Å². The molecule has 1 aromatic carbocycles. The minimum absolute atomic E-state index is 0.111. The van der Waals surface area contributed by atoms with Gasteiger partial charge in [-0.05, 0) is 31.0 Å². The molecule has 0 unspecified atom stereocenters. The molecule has 1 aromatic heterocycles. The first kappa shape index (κ1) is 17.5. The summed E-state index contributed by atoms with van der Waals surface area (Å²) >= 11 is 11.7. The summed E-state index contributed by atoms with van der Waals surface area (Å²) in [6, 6.07) is 6.26. The van der Waals surface area contributed by atoms with E-state index < -0.39 is 0 Å². The fourth-order valence-electron chi connectivity index (χ4n) is 2.01. The number of nitrogens with zero attached hydrogens (tertiary/aromatic N) is 2. The van der Waals surface area contributed by atoms with Crippen LogP contribution in [0.25, 0.3) is 0 Å². The van der Waals surface area contributed by atoms with Crippen LogP contribution in [-0.2, 0) is 17.8 Å². The smallest absolute Gasteiger partial charge is 0.253 e. The van der Waals surface area contributed by atoms with Gasteiger partial charge in [-0.1, -0.05) is 36.5 Å². The second-order valence-corrected chi connectivity index (χ2v) is 5.94. The highest BCUT2D eigenvalue weighted by Crippen LogP contribution is 2.24. The van der Waals surface area contributed by atoms with Crippen molar-refractivity contribution in [3.05, 3.63) is 56.7 Å². The lowest BCUT2D eigenvalue weighted by Gasteiger charge is -2.08. The number of benzene rings is 1. The highest BCUT2D eigenvalue weighted by molar-refractivity contribution is 6.42. The third-order valence-corrected chi connectivity index (χ3v) is 3.98. The summed E-state index contributed by atoms with van der Waals surface area (Å²) in [5.41, 5.74) is 1.03. The van der Waals surface area contributed by atoms with E-state index in [9.17, 15) is 9.59 Å². The molecule has 0 bridgehead atoms. The topological polar surface area (TPSA) is 64.0 Å². The number of halogens is 2. The Morgan fingerprint density at radius 1 is 1.26 bits per heavy atom. The van der Waals surface area contributed by atoms with Crippen molar-refractivity contribution in [1.82, 2.24) is 9.55 Å². The van der Waals surface area contributed by atoms with E-state index in [-0.39, 0.29) is 18.0 Å². The number of hydrogen-bond donors (Lipinski definition) is 1. The standard InChI is InChI=1S/C16H17Cl2N3O2/c1-2-3-4-11-8-16(23)21(10-19-11)9-15(22)20-12-5-6-13(17)14(18)7-12/h5-8,10H,2-4,9H2,1H3,(H,20,22). The van der Waals surface area contributed by atoms with E-state index in [1.807, 2.05) is 0 Å². The van der Waals surface area contributed by atoms with Gasteiger partial charge in [0.15, 0.2) is 0 Å². The molecular formula is C16H17Cl2N3O2. The lowest BCUT2D eigenvalue weighted by Crippen LogP contribution is -2.27. The van der Waals surface area contributed by atoms with Crippen LogP contribution in [0.5, 0.6) is 0 Å². The Hall–Kier alpha value is -1.85. The molecule has 0 atom stereocenters. The molecule has 1 N–H and O–H groups in total. The second kappa shape index (κ2) is 8.13. The first-order valence-corrected chi connectivity index (χ1v) is 8.05. The maximum Gasteiger partial charge on any atom is 0.253 e. The van der Waals surface area contributed by atoms with E-state index in [4.69, 9.17) is 23.2 Å². The Bertz CT molecular complexity index is 759. The summed E-state index contributed by atoms with van der Waals surface area (Å²) in [6.45, 7) is 1.97. The first-order valence-electron chi connectivity index (χ1n) is 7.30. The van der Waals surface area contributed by atoms with E-state index in [0.29, 0.717) is 15.7 Å². The summed E-state index contributed by atoms with van der Waals surface area (Å²) < 4.78 is 1.27. The molecule has 0 saturated carbocycles. The number of nitrogens with one attached hydrogen (secondary N) is 1. The molecule has 0 saturated heterocycles. The zero-order valence-corrected chi connectivity index (χ0v) is 14.2. The van der Waals surface area contributed by atoms with E-state index in [1.54, 1.807) is 18.2 Å². The van der Waals surface area contributed by atoms with E-state index in [2.05, 4.69) is 17.2 Å². The minimum Gasteiger partial charge on any atom is -0.324 e. The molecule has 5 nitrogen and oxygen atoms in total. The van der Waals surface area contributed by atoms with Crippen LogP contribution in [0.4, 0.5) is 5.69 Å². The summed E-state index contributed by atoms with van der Waals surface area (Å²) in [5, 5.41) is 3.43. The van der Waals surface area contributed by atoms with Gasteiger partial charge in [0, 0.05) is 17.4 Å². The second-order valence-electron chi connectivity index (χ2n) is 5.13. The normalized spacial score (nSPS) is 10.6. The number of aryl methyl sites for hydroxylation is 1. The Morgan fingerprint density at radius 3 is 2.70 bits per heavy atom. The fraction of sp³-hybridized carbons (Fsp3) is 0.312. The van der Waals surface area contributed by atoms with Crippen molar-refractivity contribution in [2.45, 2.75) is 32.7 Å². The third kappa shape index (κ3) is 5.08. The van der Waals surface area contributed by atoms with Gasteiger partial charge < -0.3 is 5.32 Å². The molecule has 0 radical (unpaired) electrons. The number of carbonyl (C=O) groups is 1. The SMILES string of the molecule is CCCCc1cc(=O)n(CC(=O)Nc2ccc(Cl)c(Cl)c2)cn1. The summed E-state index contributed by atoms with van der Waals surface area (Å²) in [4.78, 5) is 28.2. The average molecular weight is 354 g/mol. The van der Waals surface area contributed by atoms with Crippen LogP contribution in [0, 0.1) is 0 Å². The van der Waals surface area contributed by atoms with E-state index in [1.165, 1.54) is 17.0 Å². The molecule has 23 heavy (non-hydrogen) atoms. The summed E-state index contributed by atoms with van der Waals surface area (Å²) in [5.74, 6) is -0.339. The maximum atomic E-state index is 12.0. The highest BCUT2D eigenvalue weighted by Gasteiger charge is 2.08. The zero-order chi connectivity index (χ0) is 16.8. The van der Waals surface area contributed by atoms with Crippen LogP contribution >= 0.6 is 23.2 Å². The van der Waals surface area contributed by atoms with Crippen molar-refractivity contribution in [2.24, 2.45) is 0 Å². The molecule has 2 aromatic rings. The lowest BCUT2D eigenvalue weighted by atomic mass is 10.2. The van der Waals surface area contributed by atoms with Crippen molar-refractivity contribution in [3.8, 4) is 0 Å². The van der Waals surface area contributed by atoms with Crippen LogP contribution in [-0.4, -0.2) is 15.5 Å². The molecule has 122 valence electrons. The lowest BCUT2D eigenvalue weighted by molar-refractivity contribution is -0.116. The van der Waals surface area contributed by atoms with Crippen molar-refractivity contribution < 1.29 is 4.79 Å². The van der Waals surface area contributed by atoms with Gasteiger partial charge in [-0.25, -0.2) is 4.98 Å². The molecule has 2 rings (SSSR count). The number of carbonyl (C=O) groups excluding carboxylic acids is 1. The fourth-order valence-corrected chi connectivity index (χ4v) is 2.30. The summed E-state index contributed by atoms with van der Waals surface area (Å²) in [6.07, 6.45) is 4.19. The van der Waals surface area contributed by atoms with Crippen LogP contribution < -0.4 is 10.9 Å². The minimum atomic E-state index is -0.339. The zero-order valence-electron chi connectivity index (χ0n) is 12.7. The number of anilines is 1. The van der Waals surface area contributed by atoms with Crippen LogP contribution in [0.1, 0.15) is 25.5 Å². The number of rotatable bonds is 6.